The summed E-state index contributed by atoms with van der Waals surface area (Å²) < 4.78 is 4.83. The fourth-order valence-electron chi connectivity index (χ4n) is 2.80. The minimum atomic E-state index is -1.20. The van der Waals surface area contributed by atoms with Gasteiger partial charge in [0.25, 0.3) is 0 Å². The monoisotopic (exact) mass is 461 g/mol. The standard InChI is InChI=1S/C20H29Cl2N3O5/c1-3-30-20(29)18(13-26)24-19(28)17(23-14(2)27)12-15-4-6-16(7-5-15)25(10-8-21)11-9-22/h4-7,17-18,26H,3,8-13H2,1-2H3,(H,23,27)(H,24,28). The molecule has 0 aromatic heterocycles. The topological polar surface area (TPSA) is 108 Å². The zero-order chi connectivity index (χ0) is 22.5. The van der Waals surface area contributed by atoms with Gasteiger partial charge in [0.1, 0.15) is 6.04 Å². The zero-order valence-corrected chi connectivity index (χ0v) is 18.7. The van der Waals surface area contributed by atoms with Gasteiger partial charge in [-0.1, -0.05) is 12.1 Å². The zero-order valence-electron chi connectivity index (χ0n) is 17.2. The Balaban J connectivity index is 2.90. The molecule has 0 saturated carbocycles. The number of anilines is 1. The largest absolute Gasteiger partial charge is 0.464 e. The molecule has 2 amide bonds. The molecule has 1 aromatic rings. The minimum Gasteiger partial charge on any atom is -0.464 e. The Morgan fingerprint density at radius 2 is 1.67 bits per heavy atom. The minimum absolute atomic E-state index is 0.122. The molecule has 2 atom stereocenters. The molecular weight excluding hydrogens is 433 g/mol. The number of esters is 1. The highest BCUT2D eigenvalue weighted by atomic mass is 35.5. The van der Waals surface area contributed by atoms with E-state index in [1.165, 1.54) is 6.92 Å². The van der Waals surface area contributed by atoms with E-state index in [2.05, 4.69) is 10.6 Å². The number of hydrogen-bond acceptors (Lipinski definition) is 6. The molecule has 0 radical (unpaired) electrons. The summed E-state index contributed by atoms with van der Waals surface area (Å²) in [6, 6.07) is 5.37. The third-order valence-corrected chi connectivity index (χ3v) is 4.55. The number of carbonyl (C=O) groups is 3. The van der Waals surface area contributed by atoms with Gasteiger partial charge in [-0.15, -0.1) is 23.2 Å². The number of aliphatic hydroxyl groups is 1. The number of carbonyl (C=O) groups excluding carboxylic acids is 3. The van der Waals surface area contributed by atoms with Crippen molar-refractivity contribution in [3.8, 4) is 0 Å². The lowest BCUT2D eigenvalue weighted by molar-refractivity contribution is -0.148. The normalized spacial score (nSPS) is 12.6. The fourth-order valence-corrected chi connectivity index (χ4v) is 3.21. The molecule has 3 N–H and O–H groups in total. The van der Waals surface area contributed by atoms with Gasteiger partial charge in [-0.3, -0.25) is 9.59 Å². The van der Waals surface area contributed by atoms with Crippen LogP contribution in [0.2, 0.25) is 0 Å². The molecule has 8 nitrogen and oxygen atoms in total. The summed E-state index contributed by atoms with van der Waals surface area (Å²) >= 11 is 11.7. The van der Waals surface area contributed by atoms with Crippen LogP contribution >= 0.6 is 23.2 Å². The second-order valence-electron chi connectivity index (χ2n) is 6.48. The van der Waals surface area contributed by atoms with Crippen molar-refractivity contribution in [3.05, 3.63) is 29.8 Å². The molecule has 0 heterocycles. The van der Waals surface area contributed by atoms with E-state index >= 15 is 0 Å². The van der Waals surface area contributed by atoms with E-state index < -0.39 is 30.6 Å². The van der Waals surface area contributed by atoms with Crippen molar-refractivity contribution < 1.29 is 24.2 Å². The van der Waals surface area contributed by atoms with E-state index in [-0.39, 0.29) is 18.9 Å². The van der Waals surface area contributed by atoms with Crippen LogP contribution in [0.1, 0.15) is 19.4 Å². The molecule has 1 rings (SSSR count). The summed E-state index contributed by atoms with van der Waals surface area (Å²) in [6.45, 7) is 3.75. The maximum Gasteiger partial charge on any atom is 0.331 e. The quantitative estimate of drug-likeness (QED) is 0.299. The third-order valence-electron chi connectivity index (χ3n) is 4.21. The maximum atomic E-state index is 12.6. The van der Waals surface area contributed by atoms with E-state index in [4.69, 9.17) is 27.9 Å². The third kappa shape index (κ3) is 8.77. The number of amides is 2. The number of ether oxygens (including phenoxy) is 1. The molecule has 2 unspecified atom stereocenters. The van der Waals surface area contributed by atoms with Crippen molar-refractivity contribution in [1.29, 1.82) is 0 Å². The van der Waals surface area contributed by atoms with Gasteiger partial charge >= 0.3 is 5.97 Å². The molecule has 10 heteroatoms. The van der Waals surface area contributed by atoms with Gasteiger partial charge < -0.3 is 25.4 Å². The highest BCUT2D eigenvalue weighted by molar-refractivity contribution is 6.18. The first kappa shape index (κ1) is 26.0. The average molecular weight is 462 g/mol. The summed E-state index contributed by atoms with van der Waals surface area (Å²) in [4.78, 5) is 38.0. The van der Waals surface area contributed by atoms with Crippen LogP contribution in [0.3, 0.4) is 0 Å². The van der Waals surface area contributed by atoms with Crippen LogP contribution in [0.4, 0.5) is 5.69 Å². The van der Waals surface area contributed by atoms with Gasteiger partial charge in [-0.25, -0.2) is 4.79 Å². The molecule has 0 aliphatic rings. The SMILES string of the molecule is CCOC(=O)C(CO)NC(=O)C(Cc1ccc(N(CCCl)CCCl)cc1)NC(C)=O. The first-order valence-electron chi connectivity index (χ1n) is 9.67. The number of nitrogens with zero attached hydrogens (tertiary/aromatic N) is 1. The number of aliphatic hydroxyl groups excluding tert-OH is 1. The number of halogens is 2. The van der Waals surface area contributed by atoms with E-state index in [0.717, 1.165) is 11.3 Å². The van der Waals surface area contributed by atoms with Gasteiger partial charge in [0.2, 0.25) is 11.8 Å². The Bertz CT molecular complexity index is 682. The lowest BCUT2D eigenvalue weighted by Crippen LogP contribution is -2.53. The molecule has 30 heavy (non-hydrogen) atoms. The van der Waals surface area contributed by atoms with Crippen molar-refractivity contribution in [2.45, 2.75) is 32.4 Å². The van der Waals surface area contributed by atoms with E-state index in [9.17, 15) is 19.5 Å². The molecule has 0 bridgehead atoms. The first-order valence-corrected chi connectivity index (χ1v) is 10.7. The maximum absolute atomic E-state index is 12.6. The highest BCUT2D eigenvalue weighted by Gasteiger charge is 2.26. The molecule has 0 spiro atoms. The Kier molecular flexibility index (Phi) is 12.2. The van der Waals surface area contributed by atoms with Gasteiger partial charge in [-0.2, -0.15) is 0 Å². The molecule has 168 valence electrons. The Morgan fingerprint density at radius 1 is 1.07 bits per heavy atom. The first-order chi connectivity index (χ1) is 14.4. The van der Waals surface area contributed by atoms with Gasteiger partial charge in [0.15, 0.2) is 6.04 Å². The van der Waals surface area contributed by atoms with Crippen LogP contribution in [0, 0.1) is 0 Å². The van der Waals surface area contributed by atoms with Crippen LogP contribution in [0.5, 0.6) is 0 Å². The summed E-state index contributed by atoms with van der Waals surface area (Å²) in [5, 5.41) is 14.4. The van der Waals surface area contributed by atoms with Crippen molar-refractivity contribution >= 4 is 46.7 Å². The van der Waals surface area contributed by atoms with Crippen molar-refractivity contribution in [3.63, 3.8) is 0 Å². The summed E-state index contributed by atoms with van der Waals surface area (Å²) in [5.41, 5.74) is 1.75. The molecule has 0 fully saturated rings. The number of alkyl halides is 2. The number of nitrogens with one attached hydrogen (secondary N) is 2. The molecular formula is C20H29Cl2N3O5. The highest BCUT2D eigenvalue weighted by Crippen LogP contribution is 2.17. The van der Waals surface area contributed by atoms with Crippen LogP contribution < -0.4 is 15.5 Å². The van der Waals surface area contributed by atoms with Crippen LogP contribution in [0.15, 0.2) is 24.3 Å². The second-order valence-corrected chi connectivity index (χ2v) is 7.24. The van der Waals surface area contributed by atoms with Gasteiger partial charge in [-0.05, 0) is 24.6 Å². The Morgan fingerprint density at radius 3 is 2.13 bits per heavy atom. The van der Waals surface area contributed by atoms with E-state index in [0.29, 0.717) is 24.8 Å². The molecule has 0 aliphatic carbocycles. The van der Waals surface area contributed by atoms with Gasteiger partial charge in [0.05, 0.1) is 13.2 Å². The number of rotatable bonds is 13. The van der Waals surface area contributed by atoms with Crippen LogP contribution in [-0.4, -0.2) is 73.0 Å². The van der Waals surface area contributed by atoms with Gasteiger partial charge in [0, 0.05) is 43.9 Å². The lowest BCUT2D eigenvalue weighted by Gasteiger charge is -2.24. The lowest BCUT2D eigenvalue weighted by atomic mass is 10.0. The molecule has 0 aliphatic heterocycles. The average Bonchev–Trinajstić information content (AvgIpc) is 2.71. The predicted octanol–water partition coefficient (Wildman–Crippen LogP) is 1.06. The van der Waals surface area contributed by atoms with E-state index in [1.807, 2.05) is 29.2 Å². The Labute approximate surface area is 186 Å². The second kappa shape index (κ2) is 14.1. The number of benzene rings is 1. The smallest absolute Gasteiger partial charge is 0.331 e. The Hall–Kier alpha value is -2.03. The van der Waals surface area contributed by atoms with Crippen LogP contribution in [-0.2, 0) is 25.5 Å². The summed E-state index contributed by atoms with van der Waals surface area (Å²) in [6.07, 6.45) is 0.206. The summed E-state index contributed by atoms with van der Waals surface area (Å²) in [7, 11) is 0. The number of hydrogen-bond donors (Lipinski definition) is 3. The molecule has 1 aromatic carbocycles. The molecule has 0 saturated heterocycles. The van der Waals surface area contributed by atoms with Crippen molar-refractivity contribution in [2.75, 3.05) is 43.0 Å². The van der Waals surface area contributed by atoms with Crippen molar-refractivity contribution in [1.82, 2.24) is 10.6 Å². The summed E-state index contributed by atoms with van der Waals surface area (Å²) in [5.74, 6) is -0.782. The van der Waals surface area contributed by atoms with Crippen molar-refractivity contribution in [2.24, 2.45) is 0 Å². The fraction of sp³-hybridized carbons (Fsp3) is 0.550. The van der Waals surface area contributed by atoms with Crippen LogP contribution in [0.25, 0.3) is 0 Å². The predicted molar refractivity (Wildman–Crippen MR) is 117 cm³/mol. The van der Waals surface area contributed by atoms with E-state index in [1.54, 1.807) is 6.92 Å².